The van der Waals surface area contributed by atoms with Gasteiger partial charge in [0.15, 0.2) is 11.0 Å². The van der Waals surface area contributed by atoms with Crippen molar-refractivity contribution in [3.8, 4) is 18.1 Å². The summed E-state index contributed by atoms with van der Waals surface area (Å²) >= 11 is 1.35. The van der Waals surface area contributed by atoms with Gasteiger partial charge >= 0.3 is 0 Å². The molecule has 26 heavy (non-hydrogen) atoms. The van der Waals surface area contributed by atoms with Gasteiger partial charge in [-0.2, -0.15) is 0 Å². The minimum atomic E-state index is -0.117. The molecular formula is C19H24N4O2S. The van der Waals surface area contributed by atoms with Crippen LogP contribution in [0, 0.1) is 18.3 Å². The van der Waals surface area contributed by atoms with E-state index in [0.29, 0.717) is 17.7 Å². The topological polar surface area (TPSA) is 69.0 Å². The smallest absolute Gasteiger partial charge is 0.231 e. The van der Waals surface area contributed by atoms with Gasteiger partial charge in [-0.3, -0.25) is 4.79 Å². The van der Waals surface area contributed by atoms with Gasteiger partial charge in [-0.05, 0) is 24.5 Å². The van der Waals surface area contributed by atoms with Gasteiger partial charge in [0, 0.05) is 6.54 Å². The highest BCUT2D eigenvalue weighted by atomic mass is 32.2. The van der Waals surface area contributed by atoms with E-state index < -0.39 is 0 Å². The Hall–Kier alpha value is -2.46. The second-order valence-electron chi connectivity index (χ2n) is 6.10. The summed E-state index contributed by atoms with van der Waals surface area (Å²) in [5.41, 5.74) is 0. The normalized spacial score (nSPS) is 10.5. The van der Waals surface area contributed by atoms with Crippen molar-refractivity contribution in [1.82, 2.24) is 20.1 Å². The van der Waals surface area contributed by atoms with Crippen LogP contribution in [0.25, 0.3) is 0 Å². The van der Waals surface area contributed by atoms with E-state index in [1.54, 1.807) is 0 Å². The molecule has 1 heterocycles. The molecule has 0 aliphatic rings. The molecule has 6 nitrogen and oxygen atoms in total. The zero-order valence-electron chi connectivity index (χ0n) is 15.1. The summed E-state index contributed by atoms with van der Waals surface area (Å²) in [6.07, 6.45) is 6.14. The predicted molar refractivity (Wildman–Crippen MR) is 103 cm³/mol. The van der Waals surface area contributed by atoms with Crippen LogP contribution in [-0.4, -0.2) is 33.0 Å². The Bertz CT molecular complexity index is 738. The number of hydrogen-bond acceptors (Lipinski definition) is 5. The van der Waals surface area contributed by atoms with Crippen LogP contribution in [0.15, 0.2) is 35.5 Å². The molecule has 0 bridgehead atoms. The summed E-state index contributed by atoms with van der Waals surface area (Å²) in [4.78, 5) is 11.8. The average molecular weight is 372 g/mol. The summed E-state index contributed by atoms with van der Waals surface area (Å²) < 4.78 is 7.83. The number of aromatic nitrogens is 3. The van der Waals surface area contributed by atoms with Gasteiger partial charge in [-0.1, -0.05) is 49.7 Å². The van der Waals surface area contributed by atoms with Gasteiger partial charge in [0.25, 0.3) is 0 Å². The highest BCUT2D eigenvalue weighted by Gasteiger charge is 2.15. The highest BCUT2D eigenvalue weighted by Crippen LogP contribution is 2.20. The summed E-state index contributed by atoms with van der Waals surface area (Å²) in [6, 6.07) is 9.60. The fourth-order valence-electron chi connectivity index (χ4n) is 2.14. The maximum Gasteiger partial charge on any atom is 0.231 e. The number of rotatable bonds is 10. The number of amides is 1. The number of para-hydroxylation sites is 1. The van der Waals surface area contributed by atoms with E-state index in [1.807, 2.05) is 34.9 Å². The van der Waals surface area contributed by atoms with Crippen LogP contribution in [0.2, 0.25) is 0 Å². The zero-order chi connectivity index (χ0) is 18.8. The largest absolute Gasteiger partial charge is 0.486 e. The highest BCUT2D eigenvalue weighted by molar-refractivity contribution is 7.99. The molecule has 0 spiro atoms. The molecule has 138 valence electrons. The van der Waals surface area contributed by atoms with Crippen LogP contribution in [0.3, 0.4) is 0 Å². The first-order valence-corrected chi connectivity index (χ1v) is 9.51. The molecule has 0 aliphatic carbocycles. The summed E-state index contributed by atoms with van der Waals surface area (Å²) in [6.45, 7) is 5.69. The summed E-state index contributed by atoms with van der Waals surface area (Å²) in [5.74, 6) is 4.61. The molecule has 0 radical (unpaired) electrons. The molecule has 0 fully saturated rings. The SMILES string of the molecule is C#CCNC(=O)CSc1nnc(COc2ccccc2)n1CCC(C)C. The molecule has 0 aliphatic heterocycles. The van der Waals surface area contributed by atoms with Gasteiger partial charge in [-0.15, -0.1) is 16.6 Å². The number of ether oxygens (including phenoxy) is 1. The fraction of sp³-hybridized carbons (Fsp3) is 0.421. The molecule has 0 unspecified atom stereocenters. The number of thioether (sulfide) groups is 1. The summed E-state index contributed by atoms with van der Waals surface area (Å²) in [5, 5.41) is 11.9. The molecule has 0 saturated heterocycles. The Morgan fingerprint density at radius 1 is 1.35 bits per heavy atom. The van der Waals surface area contributed by atoms with E-state index in [2.05, 4.69) is 35.3 Å². The monoisotopic (exact) mass is 372 g/mol. The lowest BCUT2D eigenvalue weighted by molar-refractivity contribution is -0.118. The third-order valence-electron chi connectivity index (χ3n) is 3.55. The number of hydrogen-bond donors (Lipinski definition) is 1. The lowest BCUT2D eigenvalue weighted by atomic mass is 10.1. The molecule has 7 heteroatoms. The molecule has 1 N–H and O–H groups in total. The first-order valence-electron chi connectivity index (χ1n) is 8.53. The van der Waals surface area contributed by atoms with Crippen molar-refractivity contribution < 1.29 is 9.53 Å². The van der Waals surface area contributed by atoms with E-state index in [1.165, 1.54) is 11.8 Å². The second kappa shape index (κ2) is 10.5. The minimum Gasteiger partial charge on any atom is -0.486 e. The van der Waals surface area contributed by atoms with Gasteiger partial charge < -0.3 is 14.6 Å². The standard InChI is InChI=1S/C19H24N4O2S/c1-4-11-20-18(24)14-26-19-22-21-17(23(19)12-10-15(2)3)13-25-16-8-6-5-7-9-16/h1,5-9,15H,10-14H2,2-3H3,(H,20,24). The number of nitrogens with one attached hydrogen (secondary N) is 1. The van der Waals surface area contributed by atoms with Crippen LogP contribution in [0.1, 0.15) is 26.1 Å². The minimum absolute atomic E-state index is 0.117. The molecule has 1 aromatic carbocycles. The van der Waals surface area contributed by atoms with Crippen molar-refractivity contribution in [2.24, 2.45) is 5.92 Å². The van der Waals surface area contributed by atoms with E-state index in [-0.39, 0.29) is 18.2 Å². The third-order valence-corrected chi connectivity index (χ3v) is 4.52. The van der Waals surface area contributed by atoms with Crippen LogP contribution in [0.5, 0.6) is 5.75 Å². The maximum absolute atomic E-state index is 11.8. The van der Waals surface area contributed by atoms with Crippen LogP contribution >= 0.6 is 11.8 Å². The van der Waals surface area contributed by atoms with Gasteiger partial charge in [0.05, 0.1) is 12.3 Å². The quantitative estimate of drug-likeness (QED) is 0.513. The Labute approximate surface area is 158 Å². The first-order chi connectivity index (χ1) is 12.6. The van der Waals surface area contributed by atoms with Crippen molar-refractivity contribution in [3.05, 3.63) is 36.2 Å². The van der Waals surface area contributed by atoms with Crippen LogP contribution < -0.4 is 10.1 Å². The predicted octanol–water partition coefficient (Wildman–Crippen LogP) is 2.74. The van der Waals surface area contributed by atoms with E-state index in [9.17, 15) is 4.79 Å². The van der Waals surface area contributed by atoms with Crippen molar-refractivity contribution in [3.63, 3.8) is 0 Å². The molecule has 2 aromatic rings. The van der Waals surface area contributed by atoms with Gasteiger partial charge in [-0.25, -0.2) is 0 Å². The van der Waals surface area contributed by atoms with Crippen molar-refractivity contribution in [2.75, 3.05) is 12.3 Å². The summed E-state index contributed by atoms with van der Waals surface area (Å²) in [7, 11) is 0. The average Bonchev–Trinajstić information content (AvgIpc) is 3.03. The Kier molecular flexibility index (Phi) is 8.03. The molecule has 1 aromatic heterocycles. The van der Waals surface area contributed by atoms with E-state index >= 15 is 0 Å². The Morgan fingerprint density at radius 2 is 2.12 bits per heavy atom. The molecular weight excluding hydrogens is 348 g/mol. The van der Waals surface area contributed by atoms with E-state index in [4.69, 9.17) is 11.2 Å². The number of benzene rings is 1. The Balaban J connectivity index is 2.03. The number of carbonyl (C=O) groups excluding carboxylic acids is 1. The first kappa shape index (κ1) is 19.9. The molecule has 0 saturated carbocycles. The van der Waals surface area contributed by atoms with E-state index in [0.717, 1.165) is 24.5 Å². The Morgan fingerprint density at radius 3 is 2.81 bits per heavy atom. The third kappa shape index (κ3) is 6.45. The molecule has 2 rings (SSSR count). The lowest BCUT2D eigenvalue weighted by Gasteiger charge is -2.12. The second-order valence-corrected chi connectivity index (χ2v) is 7.05. The van der Waals surface area contributed by atoms with Crippen molar-refractivity contribution in [2.45, 2.75) is 38.6 Å². The lowest BCUT2D eigenvalue weighted by Crippen LogP contribution is -2.25. The maximum atomic E-state index is 11.8. The van der Waals surface area contributed by atoms with Gasteiger partial charge in [0.2, 0.25) is 5.91 Å². The van der Waals surface area contributed by atoms with Crippen molar-refractivity contribution in [1.29, 1.82) is 0 Å². The van der Waals surface area contributed by atoms with Crippen molar-refractivity contribution >= 4 is 17.7 Å². The number of nitrogens with zero attached hydrogens (tertiary/aromatic N) is 3. The zero-order valence-corrected chi connectivity index (χ0v) is 16.0. The number of terminal acetylenes is 1. The van der Waals surface area contributed by atoms with Crippen LogP contribution in [-0.2, 0) is 17.9 Å². The number of carbonyl (C=O) groups is 1. The fourth-order valence-corrected chi connectivity index (χ4v) is 2.95. The van der Waals surface area contributed by atoms with Gasteiger partial charge in [0.1, 0.15) is 12.4 Å². The molecule has 1 amide bonds. The van der Waals surface area contributed by atoms with Crippen LogP contribution in [0.4, 0.5) is 0 Å². The molecule has 0 atom stereocenters.